The summed E-state index contributed by atoms with van der Waals surface area (Å²) in [6, 6.07) is 0. The van der Waals surface area contributed by atoms with E-state index in [1.165, 1.54) is 12.8 Å². The van der Waals surface area contributed by atoms with Gasteiger partial charge in [0.2, 0.25) is 0 Å². The van der Waals surface area contributed by atoms with Gasteiger partial charge in [0.25, 0.3) is 0 Å². The molecular weight excluding hydrogens is 178 g/mol. The molecule has 0 heterocycles. The Morgan fingerprint density at radius 2 is 2.14 bits per heavy atom. The van der Waals surface area contributed by atoms with Crippen molar-refractivity contribution in [3.8, 4) is 0 Å². The molecule has 1 atom stereocenters. The molecule has 0 aromatic rings. The van der Waals surface area contributed by atoms with Crippen molar-refractivity contribution in [3.05, 3.63) is 0 Å². The highest BCUT2D eigenvalue weighted by Gasteiger charge is 2.20. The van der Waals surface area contributed by atoms with Gasteiger partial charge < -0.3 is 14.7 Å². The number of rotatable bonds is 8. The van der Waals surface area contributed by atoms with Crippen molar-refractivity contribution in [3.63, 3.8) is 0 Å². The molecule has 14 heavy (non-hydrogen) atoms. The zero-order valence-corrected chi connectivity index (χ0v) is 9.41. The fraction of sp³-hybridized carbons (Fsp3) is 1.00. The Balaban J connectivity index is 1.83. The van der Waals surface area contributed by atoms with E-state index in [9.17, 15) is 0 Å². The van der Waals surface area contributed by atoms with Crippen molar-refractivity contribution in [1.82, 2.24) is 4.90 Å². The summed E-state index contributed by atoms with van der Waals surface area (Å²) in [6.07, 6.45) is 3.37. The quantitative estimate of drug-likeness (QED) is 0.597. The Bertz CT molecular complexity index is 146. The maximum absolute atomic E-state index is 9.10. The van der Waals surface area contributed by atoms with Crippen LogP contribution in [-0.2, 0) is 4.74 Å². The molecule has 1 saturated carbocycles. The summed E-state index contributed by atoms with van der Waals surface area (Å²) in [5.74, 6) is 0.859. The van der Waals surface area contributed by atoms with Gasteiger partial charge in [0.15, 0.2) is 0 Å². The molecule has 1 fully saturated rings. The molecule has 0 aromatic heterocycles. The topological polar surface area (TPSA) is 32.7 Å². The van der Waals surface area contributed by atoms with Gasteiger partial charge >= 0.3 is 0 Å². The van der Waals surface area contributed by atoms with Crippen molar-refractivity contribution in [2.75, 3.05) is 33.4 Å². The Morgan fingerprint density at radius 1 is 1.43 bits per heavy atom. The summed E-state index contributed by atoms with van der Waals surface area (Å²) in [5, 5.41) is 9.10. The van der Waals surface area contributed by atoms with Crippen LogP contribution in [0.5, 0.6) is 0 Å². The van der Waals surface area contributed by atoms with Gasteiger partial charge in [-0.15, -0.1) is 0 Å². The van der Waals surface area contributed by atoms with Crippen molar-refractivity contribution < 1.29 is 9.84 Å². The molecule has 0 spiro atoms. The standard InChI is InChI=1S/C11H23NO2/c1-10(13)5-6-12(2)7-8-14-9-11-3-4-11/h10-11,13H,3-9H2,1-2H3. The van der Waals surface area contributed by atoms with E-state index in [-0.39, 0.29) is 6.10 Å². The molecule has 0 radical (unpaired) electrons. The highest BCUT2D eigenvalue weighted by atomic mass is 16.5. The lowest BCUT2D eigenvalue weighted by molar-refractivity contribution is 0.0968. The first-order valence-corrected chi connectivity index (χ1v) is 5.63. The summed E-state index contributed by atoms with van der Waals surface area (Å²) < 4.78 is 5.53. The molecule has 1 rings (SSSR count). The van der Waals surface area contributed by atoms with Gasteiger partial charge in [-0.25, -0.2) is 0 Å². The average molecular weight is 201 g/mol. The highest BCUT2D eigenvalue weighted by molar-refractivity contribution is 4.71. The number of hydrogen-bond acceptors (Lipinski definition) is 3. The molecular formula is C11H23NO2. The van der Waals surface area contributed by atoms with Crippen molar-refractivity contribution in [2.24, 2.45) is 5.92 Å². The summed E-state index contributed by atoms with van der Waals surface area (Å²) in [4.78, 5) is 2.21. The van der Waals surface area contributed by atoms with Crippen molar-refractivity contribution in [1.29, 1.82) is 0 Å². The van der Waals surface area contributed by atoms with Crippen LogP contribution in [0.4, 0.5) is 0 Å². The van der Waals surface area contributed by atoms with Gasteiger partial charge in [0, 0.05) is 19.7 Å². The maximum atomic E-state index is 9.10. The number of aliphatic hydroxyl groups is 1. The van der Waals surface area contributed by atoms with E-state index in [2.05, 4.69) is 11.9 Å². The Morgan fingerprint density at radius 3 is 2.71 bits per heavy atom. The van der Waals surface area contributed by atoms with Crippen molar-refractivity contribution >= 4 is 0 Å². The molecule has 84 valence electrons. The fourth-order valence-electron chi connectivity index (χ4n) is 1.27. The number of nitrogens with zero attached hydrogens (tertiary/aromatic N) is 1. The lowest BCUT2D eigenvalue weighted by Gasteiger charge is -2.17. The average Bonchev–Trinajstić information content (AvgIpc) is 2.92. The molecule has 0 aromatic carbocycles. The van der Waals surface area contributed by atoms with Gasteiger partial charge in [-0.3, -0.25) is 0 Å². The molecule has 1 aliphatic rings. The Hall–Kier alpha value is -0.120. The predicted molar refractivity (Wildman–Crippen MR) is 57.3 cm³/mol. The zero-order valence-electron chi connectivity index (χ0n) is 9.41. The molecule has 3 nitrogen and oxygen atoms in total. The SMILES string of the molecule is CC(O)CCN(C)CCOCC1CC1. The molecule has 0 saturated heterocycles. The van der Waals surface area contributed by atoms with E-state index in [4.69, 9.17) is 9.84 Å². The van der Waals surface area contributed by atoms with Crippen LogP contribution in [0.25, 0.3) is 0 Å². The minimum Gasteiger partial charge on any atom is -0.393 e. The molecule has 1 unspecified atom stereocenters. The molecule has 3 heteroatoms. The number of hydrogen-bond donors (Lipinski definition) is 1. The fourth-order valence-corrected chi connectivity index (χ4v) is 1.27. The van der Waals surface area contributed by atoms with E-state index in [0.717, 1.165) is 38.6 Å². The van der Waals surface area contributed by atoms with Crippen LogP contribution < -0.4 is 0 Å². The monoisotopic (exact) mass is 201 g/mol. The van der Waals surface area contributed by atoms with Gasteiger partial charge in [-0.2, -0.15) is 0 Å². The van der Waals surface area contributed by atoms with Gasteiger partial charge in [0.05, 0.1) is 12.7 Å². The second-order valence-corrected chi connectivity index (χ2v) is 4.46. The van der Waals surface area contributed by atoms with E-state index in [1.54, 1.807) is 0 Å². The first-order valence-electron chi connectivity index (χ1n) is 5.63. The van der Waals surface area contributed by atoms with E-state index < -0.39 is 0 Å². The maximum Gasteiger partial charge on any atom is 0.0593 e. The summed E-state index contributed by atoms with van der Waals surface area (Å²) in [7, 11) is 2.07. The first kappa shape index (κ1) is 12.0. The third-order valence-electron chi connectivity index (χ3n) is 2.60. The zero-order chi connectivity index (χ0) is 10.4. The molecule has 1 N–H and O–H groups in total. The highest BCUT2D eigenvalue weighted by Crippen LogP contribution is 2.28. The first-order chi connectivity index (χ1) is 6.68. The molecule has 1 aliphatic carbocycles. The molecule has 0 amide bonds. The van der Waals surface area contributed by atoms with Gasteiger partial charge in [-0.1, -0.05) is 0 Å². The van der Waals surface area contributed by atoms with Crippen LogP contribution in [0.15, 0.2) is 0 Å². The lowest BCUT2D eigenvalue weighted by atomic mass is 10.3. The third-order valence-corrected chi connectivity index (χ3v) is 2.60. The minimum atomic E-state index is -0.190. The summed E-state index contributed by atoms with van der Waals surface area (Å²) in [6.45, 7) is 5.53. The molecule has 0 aliphatic heterocycles. The number of likely N-dealkylation sites (N-methyl/N-ethyl adjacent to an activating group) is 1. The Labute approximate surface area is 87.1 Å². The second-order valence-electron chi connectivity index (χ2n) is 4.46. The van der Waals surface area contributed by atoms with E-state index in [0.29, 0.717) is 0 Å². The van der Waals surface area contributed by atoms with Gasteiger partial charge in [-0.05, 0) is 39.2 Å². The summed E-state index contributed by atoms with van der Waals surface area (Å²) in [5.41, 5.74) is 0. The van der Waals surface area contributed by atoms with Crippen LogP contribution in [0.1, 0.15) is 26.2 Å². The smallest absolute Gasteiger partial charge is 0.0593 e. The van der Waals surface area contributed by atoms with Crippen LogP contribution in [0.2, 0.25) is 0 Å². The molecule has 0 bridgehead atoms. The Kier molecular flexibility index (Phi) is 5.45. The van der Waals surface area contributed by atoms with Crippen molar-refractivity contribution in [2.45, 2.75) is 32.3 Å². The predicted octanol–water partition coefficient (Wildman–Crippen LogP) is 1.12. The third kappa shape index (κ3) is 6.35. The van der Waals surface area contributed by atoms with E-state index >= 15 is 0 Å². The van der Waals surface area contributed by atoms with Crippen LogP contribution in [0, 0.1) is 5.92 Å². The van der Waals surface area contributed by atoms with Gasteiger partial charge in [0.1, 0.15) is 0 Å². The largest absolute Gasteiger partial charge is 0.393 e. The van der Waals surface area contributed by atoms with Crippen LogP contribution >= 0.6 is 0 Å². The minimum absolute atomic E-state index is 0.190. The summed E-state index contributed by atoms with van der Waals surface area (Å²) >= 11 is 0. The number of aliphatic hydroxyl groups excluding tert-OH is 1. The van der Waals surface area contributed by atoms with E-state index in [1.807, 2.05) is 6.92 Å². The lowest BCUT2D eigenvalue weighted by Crippen LogP contribution is -2.26. The van der Waals surface area contributed by atoms with Crippen LogP contribution in [0.3, 0.4) is 0 Å². The second kappa shape index (κ2) is 6.38. The number of ether oxygens (including phenoxy) is 1. The normalized spacial score (nSPS) is 18.9. The van der Waals surface area contributed by atoms with Crippen LogP contribution in [-0.4, -0.2) is 49.5 Å².